The predicted octanol–water partition coefficient (Wildman–Crippen LogP) is 1.90. The average molecular weight is 364 g/mol. The minimum absolute atomic E-state index is 0.0931. The Kier molecular flexibility index (Phi) is 4.06. The van der Waals surface area contributed by atoms with Gasteiger partial charge < -0.3 is 15.7 Å². The number of benzene rings is 1. The summed E-state index contributed by atoms with van der Waals surface area (Å²) in [6.45, 7) is 1.34. The smallest absolute Gasteiger partial charge is 0.221 e. The van der Waals surface area contributed by atoms with Crippen LogP contribution in [-0.2, 0) is 11.3 Å². The fraction of sp³-hybridized carbons (Fsp3) is 0.364. The SMILES string of the molecule is O=C1CC(NCc2cc(Br)c(O)c(Br)c2)CN1. The van der Waals surface area contributed by atoms with Crippen LogP contribution in [0.5, 0.6) is 5.75 Å². The zero-order chi connectivity index (χ0) is 12.4. The highest BCUT2D eigenvalue weighted by atomic mass is 79.9. The number of carbonyl (C=O) groups excluding carboxylic acids is 1. The first-order chi connectivity index (χ1) is 8.06. The monoisotopic (exact) mass is 362 g/mol. The molecule has 1 saturated heterocycles. The normalized spacial score (nSPS) is 19.4. The summed E-state index contributed by atoms with van der Waals surface area (Å²) in [6.07, 6.45) is 0.528. The van der Waals surface area contributed by atoms with Gasteiger partial charge in [-0.25, -0.2) is 0 Å². The van der Waals surface area contributed by atoms with E-state index in [-0.39, 0.29) is 17.7 Å². The fourth-order valence-corrected chi connectivity index (χ4v) is 3.01. The molecule has 1 aromatic rings. The number of hydrogen-bond acceptors (Lipinski definition) is 3. The van der Waals surface area contributed by atoms with Crippen LogP contribution in [0.25, 0.3) is 0 Å². The van der Waals surface area contributed by atoms with Crippen LogP contribution in [0.15, 0.2) is 21.1 Å². The third-order valence-electron chi connectivity index (χ3n) is 2.65. The molecule has 92 valence electrons. The van der Waals surface area contributed by atoms with Crippen molar-refractivity contribution < 1.29 is 9.90 Å². The van der Waals surface area contributed by atoms with Crippen LogP contribution in [0.1, 0.15) is 12.0 Å². The highest BCUT2D eigenvalue weighted by Gasteiger charge is 2.20. The van der Waals surface area contributed by atoms with Gasteiger partial charge in [0, 0.05) is 25.6 Å². The minimum atomic E-state index is 0.0931. The number of halogens is 2. The number of rotatable bonds is 3. The Hall–Kier alpha value is -0.590. The van der Waals surface area contributed by atoms with Crippen molar-refractivity contribution in [2.45, 2.75) is 19.0 Å². The van der Waals surface area contributed by atoms with Crippen molar-refractivity contribution in [2.75, 3.05) is 6.54 Å². The second-order valence-electron chi connectivity index (χ2n) is 3.99. The van der Waals surface area contributed by atoms with E-state index in [1.54, 1.807) is 0 Å². The molecule has 1 aliphatic heterocycles. The van der Waals surface area contributed by atoms with Crippen molar-refractivity contribution in [3.8, 4) is 5.75 Å². The molecule has 0 spiro atoms. The Morgan fingerprint density at radius 1 is 1.41 bits per heavy atom. The van der Waals surface area contributed by atoms with Gasteiger partial charge in [0.2, 0.25) is 5.91 Å². The Morgan fingerprint density at radius 3 is 2.59 bits per heavy atom. The number of phenolic OH excluding ortho intramolecular Hbond substituents is 1. The predicted molar refractivity (Wildman–Crippen MR) is 71.8 cm³/mol. The quantitative estimate of drug-likeness (QED) is 0.768. The van der Waals surface area contributed by atoms with Gasteiger partial charge in [-0.05, 0) is 49.6 Å². The van der Waals surface area contributed by atoms with Gasteiger partial charge in [0.1, 0.15) is 5.75 Å². The summed E-state index contributed by atoms with van der Waals surface area (Å²) in [4.78, 5) is 11.0. The van der Waals surface area contributed by atoms with Crippen molar-refractivity contribution in [3.05, 3.63) is 26.6 Å². The third-order valence-corrected chi connectivity index (χ3v) is 3.86. The summed E-state index contributed by atoms with van der Waals surface area (Å²) in [5.41, 5.74) is 1.04. The minimum Gasteiger partial charge on any atom is -0.506 e. The van der Waals surface area contributed by atoms with Crippen molar-refractivity contribution in [1.29, 1.82) is 0 Å². The van der Waals surface area contributed by atoms with E-state index < -0.39 is 0 Å². The first kappa shape index (κ1) is 12.9. The highest BCUT2D eigenvalue weighted by molar-refractivity contribution is 9.11. The van der Waals surface area contributed by atoms with Crippen LogP contribution in [0.3, 0.4) is 0 Å². The first-order valence-corrected chi connectivity index (χ1v) is 6.82. The number of amides is 1. The Morgan fingerprint density at radius 2 is 2.06 bits per heavy atom. The lowest BCUT2D eigenvalue weighted by molar-refractivity contribution is -0.119. The molecule has 1 fully saturated rings. The lowest BCUT2D eigenvalue weighted by atomic mass is 10.2. The van der Waals surface area contributed by atoms with Gasteiger partial charge in [-0.2, -0.15) is 0 Å². The maximum atomic E-state index is 11.0. The summed E-state index contributed by atoms with van der Waals surface area (Å²) in [5.74, 6) is 0.294. The van der Waals surface area contributed by atoms with Gasteiger partial charge in [-0.1, -0.05) is 0 Å². The van der Waals surface area contributed by atoms with E-state index in [2.05, 4.69) is 42.5 Å². The lowest BCUT2D eigenvalue weighted by Gasteiger charge is -2.11. The molecule has 2 rings (SSSR count). The molecule has 1 amide bonds. The molecule has 1 atom stereocenters. The first-order valence-electron chi connectivity index (χ1n) is 5.23. The van der Waals surface area contributed by atoms with E-state index in [1.807, 2.05) is 12.1 Å². The number of nitrogens with one attached hydrogen (secondary N) is 2. The lowest BCUT2D eigenvalue weighted by Crippen LogP contribution is -2.30. The van der Waals surface area contributed by atoms with Gasteiger partial charge in [-0.3, -0.25) is 4.79 Å². The van der Waals surface area contributed by atoms with Crippen molar-refractivity contribution in [1.82, 2.24) is 10.6 Å². The zero-order valence-corrected chi connectivity index (χ0v) is 12.1. The van der Waals surface area contributed by atoms with Crippen LogP contribution < -0.4 is 10.6 Å². The molecule has 4 nitrogen and oxygen atoms in total. The van der Waals surface area contributed by atoms with E-state index in [1.165, 1.54) is 0 Å². The van der Waals surface area contributed by atoms with Crippen LogP contribution in [0.4, 0.5) is 0 Å². The Bertz CT molecular complexity index is 428. The molecule has 17 heavy (non-hydrogen) atoms. The van der Waals surface area contributed by atoms with E-state index in [9.17, 15) is 9.90 Å². The van der Waals surface area contributed by atoms with Gasteiger partial charge in [-0.15, -0.1) is 0 Å². The van der Waals surface area contributed by atoms with Gasteiger partial charge in [0.05, 0.1) is 8.95 Å². The van der Waals surface area contributed by atoms with Crippen molar-refractivity contribution in [2.24, 2.45) is 0 Å². The molecule has 1 heterocycles. The summed E-state index contributed by atoms with van der Waals surface area (Å²) >= 11 is 6.57. The summed E-state index contributed by atoms with van der Waals surface area (Å²) < 4.78 is 1.31. The van der Waals surface area contributed by atoms with Gasteiger partial charge in [0.15, 0.2) is 0 Å². The fourth-order valence-electron chi connectivity index (χ4n) is 1.73. The summed E-state index contributed by atoms with van der Waals surface area (Å²) in [7, 11) is 0. The van der Waals surface area contributed by atoms with E-state index in [0.29, 0.717) is 28.5 Å². The summed E-state index contributed by atoms with van der Waals surface area (Å²) in [6, 6.07) is 3.91. The number of carbonyl (C=O) groups is 1. The highest BCUT2D eigenvalue weighted by Crippen LogP contribution is 2.33. The Labute approximate surface area is 116 Å². The van der Waals surface area contributed by atoms with Gasteiger partial charge >= 0.3 is 0 Å². The number of hydrogen-bond donors (Lipinski definition) is 3. The van der Waals surface area contributed by atoms with Crippen LogP contribution in [-0.4, -0.2) is 23.6 Å². The number of phenols is 1. The average Bonchev–Trinajstić information content (AvgIpc) is 2.69. The van der Waals surface area contributed by atoms with E-state index >= 15 is 0 Å². The second-order valence-corrected chi connectivity index (χ2v) is 5.70. The molecule has 0 saturated carbocycles. The molecule has 6 heteroatoms. The van der Waals surface area contributed by atoms with Crippen LogP contribution in [0, 0.1) is 0 Å². The maximum Gasteiger partial charge on any atom is 0.221 e. The largest absolute Gasteiger partial charge is 0.506 e. The molecule has 0 aliphatic carbocycles. The molecular weight excluding hydrogens is 352 g/mol. The standard InChI is InChI=1S/C11H12Br2N2O2/c12-8-1-6(2-9(13)11(8)17)4-14-7-3-10(16)15-5-7/h1-2,7,14,17H,3-5H2,(H,15,16). The van der Waals surface area contributed by atoms with Crippen molar-refractivity contribution in [3.63, 3.8) is 0 Å². The summed E-state index contributed by atoms with van der Waals surface area (Å²) in [5, 5.41) is 15.6. The maximum absolute atomic E-state index is 11.0. The molecule has 1 aliphatic rings. The molecule has 1 unspecified atom stereocenters. The van der Waals surface area contributed by atoms with Crippen LogP contribution in [0.2, 0.25) is 0 Å². The Balaban J connectivity index is 1.97. The second kappa shape index (κ2) is 5.37. The topological polar surface area (TPSA) is 61.4 Å². The van der Waals surface area contributed by atoms with Crippen molar-refractivity contribution >= 4 is 37.8 Å². The molecule has 1 aromatic carbocycles. The van der Waals surface area contributed by atoms with E-state index in [4.69, 9.17) is 0 Å². The van der Waals surface area contributed by atoms with Crippen LogP contribution >= 0.6 is 31.9 Å². The molecular formula is C11H12Br2N2O2. The molecule has 3 N–H and O–H groups in total. The number of aromatic hydroxyl groups is 1. The van der Waals surface area contributed by atoms with Gasteiger partial charge in [0.25, 0.3) is 0 Å². The third kappa shape index (κ3) is 3.20. The molecule has 0 bridgehead atoms. The molecule has 0 aromatic heterocycles. The van der Waals surface area contributed by atoms with E-state index in [0.717, 1.165) is 5.56 Å². The molecule has 0 radical (unpaired) electrons. The zero-order valence-electron chi connectivity index (χ0n) is 8.96.